The van der Waals surface area contributed by atoms with E-state index in [0.29, 0.717) is 11.5 Å². The van der Waals surface area contributed by atoms with Gasteiger partial charge in [-0.25, -0.2) is 0 Å². The third kappa shape index (κ3) is 2.61. The molecule has 3 heteroatoms. The van der Waals surface area contributed by atoms with E-state index in [1.54, 1.807) is 7.11 Å². The maximum Gasteiger partial charge on any atom is 0.161 e. The number of hydrogen-bond donors (Lipinski definition) is 1. The summed E-state index contributed by atoms with van der Waals surface area (Å²) in [5, 5.41) is 10.4. The first-order valence-electron chi connectivity index (χ1n) is 6.52. The smallest absolute Gasteiger partial charge is 0.161 e. The van der Waals surface area contributed by atoms with Gasteiger partial charge in [0.25, 0.3) is 0 Å². The third-order valence-electron chi connectivity index (χ3n) is 3.81. The Bertz CT molecular complexity index is 400. The van der Waals surface area contributed by atoms with Gasteiger partial charge in [-0.1, -0.05) is 26.0 Å². The molecule has 0 aliphatic heterocycles. The number of hydrogen-bond acceptors (Lipinski definition) is 3. The SMILES string of the molecule is COc1ccccc1OC1CCCC(C)(C)C1O. The lowest BCUT2D eigenvalue weighted by Gasteiger charge is -2.40. The van der Waals surface area contributed by atoms with Gasteiger partial charge in [0.1, 0.15) is 6.10 Å². The van der Waals surface area contributed by atoms with E-state index in [0.717, 1.165) is 19.3 Å². The molecule has 2 unspecified atom stereocenters. The number of rotatable bonds is 3. The van der Waals surface area contributed by atoms with Gasteiger partial charge >= 0.3 is 0 Å². The maximum absolute atomic E-state index is 10.4. The van der Waals surface area contributed by atoms with E-state index in [2.05, 4.69) is 13.8 Å². The van der Waals surface area contributed by atoms with Gasteiger partial charge in [0.15, 0.2) is 11.5 Å². The summed E-state index contributed by atoms with van der Waals surface area (Å²) in [6.07, 6.45) is 2.44. The minimum absolute atomic E-state index is 0.0784. The molecule has 100 valence electrons. The summed E-state index contributed by atoms with van der Waals surface area (Å²) < 4.78 is 11.2. The van der Waals surface area contributed by atoms with Crippen LogP contribution in [-0.4, -0.2) is 24.4 Å². The Balaban J connectivity index is 2.13. The largest absolute Gasteiger partial charge is 0.493 e. The number of benzene rings is 1. The maximum atomic E-state index is 10.4. The topological polar surface area (TPSA) is 38.7 Å². The molecule has 1 aromatic rings. The fraction of sp³-hybridized carbons (Fsp3) is 0.600. The van der Waals surface area contributed by atoms with E-state index in [1.165, 1.54) is 0 Å². The highest BCUT2D eigenvalue weighted by Gasteiger charge is 2.39. The predicted molar refractivity (Wildman–Crippen MR) is 71.0 cm³/mol. The quantitative estimate of drug-likeness (QED) is 0.896. The minimum Gasteiger partial charge on any atom is -0.493 e. The molecule has 0 saturated heterocycles. The number of ether oxygens (including phenoxy) is 2. The number of aliphatic hydroxyl groups is 1. The Morgan fingerprint density at radius 3 is 2.56 bits per heavy atom. The van der Waals surface area contributed by atoms with E-state index >= 15 is 0 Å². The molecular formula is C15H22O3. The van der Waals surface area contributed by atoms with Gasteiger partial charge in [0.05, 0.1) is 13.2 Å². The van der Waals surface area contributed by atoms with E-state index < -0.39 is 6.10 Å². The van der Waals surface area contributed by atoms with Crippen molar-refractivity contribution >= 4 is 0 Å². The van der Waals surface area contributed by atoms with Crippen molar-refractivity contribution in [1.29, 1.82) is 0 Å². The number of aliphatic hydroxyl groups excluding tert-OH is 1. The van der Waals surface area contributed by atoms with Gasteiger partial charge in [-0.15, -0.1) is 0 Å². The summed E-state index contributed by atoms with van der Waals surface area (Å²) in [6.45, 7) is 4.19. The second kappa shape index (κ2) is 5.19. The van der Waals surface area contributed by atoms with E-state index in [4.69, 9.17) is 9.47 Å². The van der Waals surface area contributed by atoms with Crippen molar-refractivity contribution in [3.63, 3.8) is 0 Å². The van der Waals surface area contributed by atoms with Gasteiger partial charge < -0.3 is 14.6 Å². The molecule has 0 aromatic heterocycles. The van der Waals surface area contributed by atoms with Crippen molar-refractivity contribution in [2.75, 3.05) is 7.11 Å². The fourth-order valence-electron chi connectivity index (χ4n) is 2.57. The fourth-order valence-corrected chi connectivity index (χ4v) is 2.57. The van der Waals surface area contributed by atoms with Crippen LogP contribution in [0.3, 0.4) is 0 Å². The molecule has 0 heterocycles. The molecule has 0 bridgehead atoms. The van der Waals surface area contributed by atoms with Crippen LogP contribution in [0.2, 0.25) is 0 Å². The second-order valence-electron chi connectivity index (χ2n) is 5.63. The highest BCUT2D eigenvalue weighted by molar-refractivity contribution is 5.39. The molecule has 0 amide bonds. The minimum atomic E-state index is -0.434. The molecule has 1 aromatic carbocycles. The average molecular weight is 250 g/mol. The van der Waals surface area contributed by atoms with Gasteiger partial charge in [-0.2, -0.15) is 0 Å². The van der Waals surface area contributed by atoms with Crippen LogP contribution in [-0.2, 0) is 0 Å². The first-order chi connectivity index (χ1) is 8.54. The molecule has 1 N–H and O–H groups in total. The summed E-state index contributed by atoms with van der Waals surface area (Å²) in [5.74, 6) is 1.43. The van der Waals surface area contributed by atoms with Gasteiger partial charge in [0, 0.05) is 0 Å². The van der Waals surface area contributed by atoms with Crippen molar-refractivity contribution in [3.8, 4) is 11.5 Å². The van der Waals surface area contributed by atoms with Crippen molar-refractivity contribution in [2.45, 2.75) is 45.3 Å². The second-order valence-corrected chi connectivity index (χ2v) is 5.63. The molecule has 18 heavy (non-hydrogen) atoms. The van der Waals surface area contributed by atoms with E-state index in [-0.39, 0.29) is 11.5 Å². The van der Waals surface area contributed by atoms with Crippen LogP contribution in [0.1, 0.15) is 33.1 Å². The molecule has 0 radical (unpaired) electrons. The average Bonchev–Trinajstić information content (AvgIpc) is 2.35. The molecule has 1 aliphatic rings. The molecule has 1 aliphatic carbocycles. The Kier molecular flexibility index (Phi) is 3.81. The number of para-hydroxylation sites is 2. The summed E-state index contributed by atoms with van der Waals surface area (Å²) >= 11 is 0. The van der Waals surface area contributed by atoms with Gasteiger partial charge in [0.2, 0.25) is 0 Å². The molecule has 2 rings (SSSR count). The lowest BCUT2D eigenvalue weighted by atomic mass is 9.73. The summed E-state index contributed by atoms with van der Waals surface area (Å²) in [4.78, 5) is 0. The highest BCUT2D eigenvalue weighted by atomic mass is 16.5. The molecule has 2 atom stereocenters. The van der Waals surface area contributed by atoms with Crippen LogP contribution in [0, 0.1) is 5.41 Å². The monoisotopic (exact) mass is 250 g/mol. The first kappa shape index (κ1) is 13.2. The van der Waals surface area contributed by atoms with Crippen LogP contribution < -0.4 is 9.47 Å². The molecular weight excluding hydrogens is 228 g/mol. The summed E-state index contributed by atoms with van der Waals surface area (Å²) in [5.41, 5.74) is -0.0784. The van der Waals surface area contributed by atoms with Crippen LogP contribution >= 0.6 is 0 Å². The third-order valence-corrected chi connectivity index (χ3v) is 3.81. The van der Waals surface area contributed by atoms with Crippen LogP contribution in [0.5, 0.6) is 11.5 Å². The lowest BCUT2D eigenvalue weighted by Crippen LogP contribution is -2.46. The Morgan fingerprint density at radius 1 is 1.22 bits per heavy atom. The Labute approximate surface area is 109 Å². The zero-order chi connectivity index (χ0) is 13.2. The van der Waals surface area contributed by atoms with E-state index in [9.17, 15) is 5.11 Å². The molecule has 1 saturated carbocycles. The first-order valence-corrected chi connectivity index (χ1v) is 6.52. The van der Waals surface area contributed by atoms with Crippen molar-refractivity contribution in [3.05, 3.63) is 24.3 Å². The van der Waals surface area contributed by atoms with Crippen LogP contribution in [0.25, 0.3) is 0 Å². The van der Waals surface area contributed by atoms with Crippen molar-refractivity contribution in [1.82, 2.24) is 0 Å². The highest BCUT2D eigenvalue weighted by Crippen LogP contribution is 2.38. The van der Waals surface area contributed by atoms with Crippen LogP contribution in [0.15, 0.2) is 24.3 Å². The van der Waals surface area contributed by atoms with E-state index in [1.807, 2.05) is 24.3 Å². The summed E-state index contributed by atoms with van der Waals surface area (Å²) in [7, 11) is 1.63. The van der Waals surface area contributed by atoms with Crippen LogP contribution in [0.4, 0.5) is 0 Å². The zero-order valence-corrected chi connectivity index (χ0v) is 11.3. The van der Waals surface area contributed by atoms with Crippen molar-refractivity contribution in [2.24, 2.45) is 5.41 Å². The summed E-state index contributed by atoms with van der Waals surface area (Å²) in [6, 6.07) is 7.58. The van der Waals surface area contributed by atoms with Crippen molar-refractivity contribution < 1.29 is 14.6 Å². The lowest BCUT2D eigenvalue weighted by molar-refractivity contribution is -0.0695. The normalized spacial score (nSPS) is 26.7. The number of methoxy groups -OCH3 is 1. The van der Waals surface area contributed by atoms with Gasteiger partial charge in [-0.05, 0) is 36.8 Å². The zero-order valence-electron chi connectivity index (χ0n) is 11.3. The molecule has 0 spiro atoms. The Morgan fingerprint density at radius 2 is 1.89 bits per heavy atom. The molecule has 3 nitrogen and oxygen atoms in total. The standard InChI is InChI=1S/C15H22O3/c1-15(2)10-6-9-13(14(15)16)18-12-8-5-4-7-11(12)17-3/h4-5,7-8,13-14,16H,6,9-10H2,1-3H3. The Hall–Kier alpha value is -1.22. The van der Waals surface area contributed by atoms with Gasteiger partial charge in [-0.3, -0.25) is 0 Å². The molecule has 1 fully saturated rings. The predicted octanol–water partition coefficient (Wildman–Crippen LogP) is 3.01.